The Morgan fingerprint density at radius 3 is 2.53 bits per heavy atom. The maximum atomic E-state index is 14.1. The van der Waals surface area contributed by atoms with Crippen LogP contribution in [-0.4, -0.2) is 7.05 Å². The average molecular weight is 322 g/mol. The van der Waals surface area contributed by atoms with Gasteiger partial charge in [0.15, 0.2) is 0 Å². The molecule has 100 valence electrons. The Morgan fingerprint density at radius 2 is 1.89 bits per heavy atom. The molecule has 1 nitrogen and oxygen atoms in total. The zero-order valence-electron chi connectivity index (χ0n) is 11.4. The first-order valence-electron chi connectivity index (χ1n) is 6.19. The van der Waals surface area contributed by atoms with Crippen molar-refractivity contribution in [3.63, 3.8) is 0 Å². The van der Waals surface area contributed by atoms with Crippen molar-refractivity contribution in [1.82, 2.24) is 0 Å². The highest BCUT2D eigenvalue weighted by molar-refractivity contribution is 9.08. The lowest BCUT2D eigenvalue weighted by molar-refractivity contribution is 0.626. The van der Waals surface area contributed by atoms with Gasteiger partial charge in [-0.25, -0.2) is 4.39 Å². The quantitative estimate of drug-likeness (QED) is 0.710. The van der Waals surface area contributed by atoms with E-state index in [2.05, 4.69) is 28.9 Å². The summed E-state index contributed by atoms with van der Waals surface area (Å²) in [5.74, 6) is -0.195. The van der Waals surface area contributed by atoms with Crippen LogP contribution in [0.3, 0.4) is 0 Å². The van der Waals surface area contributed by atoms with Gasteiger partial charge in [0.25, 0.3) is 0 Å². The van der Waals surface area contributed by atoms with Crippen molar-refractivity contribution in [3.8, 4) is 0 Å². The van der Waals surface area contributed by atoms with Crippen molar-refractivity contribution in [1.29, 1.82) is 0 Å². The van der Waals surface area contributed by atoms with Gasteiger partial charge in [0, 0.05) is 18.1 Å². The fourth-order valence-electron chi connectivity index (χ4n) is 2.35. The van der Waals surface area contributed by atoms with E-state index in [1.54, 1.807) is 6.07 Å². The maximum absolute atomic E-state index is 14.1. The van der Waals surface area contributed by atoms with Crippen molar-refractivity contribution in [3.05, 3.63) is 58.9 Å². The highest BCUT2D eigenvalue weighted by Gasteiger charge is 2.15. The summed E-state index contributed by atoms with van der Waals surface area (Å²) in [7, 11) is 1.90. The van der Waals surface area contributed by atoms with E-state index in [4.69, 9.17) is 0 Å². The van der Waals surface area contributed by atoms with Crippen molar-refractivity contribution in [2.45, 2.75) is 19.2 Å². The standard InChI is InChI=1S/C16H17BrFN/c1-11-7-8-15(12(2)9-11)19(3)16-13(10-17)5-4-6-14(16)18/h4-9H,10H2,1-3H3. The number of anilines is 2. The molecule has 0 bridgehead atoms. The molecule has 0 radical (unpaired) electrons. The number of para-hydroxylation sites is 1. The average Bonchev–Trinajstić information content (AvgIpc) is 2.37. The summed E-state index contributed by atoms with van der Waals surface area (Å²) in [6, 6.07) is 11.4. The second kappa shape index (κ2) is 5.74. The lowest BCUT2D eigenvalue weighted by Gasteiger charge is -2.24. The molecule has 0 fully saturated rings. The number of aryl methyl sites for hydroxylation is 2. The number of hydrogen-bond acceptors (Lipinski definition) is 1. The minimum Gasteiger partial charge on any atom is -0.342 e. The molecular formula is C16H17BrFN. The van der Waals surface area contributed by atoms with Crippen LogP contribution in [0.4, 0.5) is 15.8 Å². The number of alkyl halides is 1. The van der Waals surface area contributed by atoms with Crippen molar-refractivity contribution in [2.24, 2.45) is 0 Å². The van der Waals surface area contributed by atoms with Crippen LogP contribution in [0.15, 0.2) is 36.4 Å². The van der Waals surface area contributed by atoms with Crippen LogP contribution in [0.25, 0.3) is 0 Å². The molecule has 0 aliphatic rings. The van der Waals surface area contributed by atoms with E-state index in [9.17, 15) is 4.39 Å². The van der Waals surface area contributed by atoms with E-state index in [0.29, 0.717) is 11.0 Å². The summed E-state index contributed by atoms with van der Waals surface area (Å²) in [5, 5.41) is 0.634. The molecular weight excluding hydrogens is 305 g/mol. The van der Waals surface area contributed by atoms with Gasteiger partial charge in [-0.3, -0.25) is 0 Å². The molecule has 0 saturated heterocycles. The molecule has 0 atom stereocenters. The Hall–Kier alpha value is -1.35. The maximum Gasteiger partial charge on any atom is 0.147 e. The minimum atomic E-state index is -0.195. The van der Waals surface area contributed by atoms with Gasteiger partial charge in [0.2, 0.25) is 0 Å². The first-order valence-corrected chi connectivity index (χ1v) is 7.31. The van der Waals surface area contributed by atoms with E-state index in [1.165, 1.54) is 11.6 Å². The van der Waals surface area contributed by atoms with E-state index in [1.807, 2.05) is 37.1 Å². The molecule has 0 unspecified atom stereocenters. The molecule has 0 heterocycles. The monoisotopic (exact) mass is 321 g/mol. The molecule has 2 aromatic carbocycles. The third kappa shape index (κ3) is 2.81. The van der Waals surface area contributed by atoms with Crippen LogP contribution in [0, 0.1) is 19.7 Å². The smallest absolute Gasteiger partial charge is 0.147 e. The van der Waals surface area contributed by atoms with Gasteiger partial charge >= 0.3 is 0 Å². The normalized spacial score (nSPS) is 10.6. The Morgan fingerprint density at radius 1 is 1.16 bits per heavy atom. The summed E-state index contributed by atoms with van der Waals surface area (Å²) >= 11 is 3.42. The van der Waals surface area contributed by atoms with Crippen molar-refractivity contribution < 1.29 is 4.39 Å². The summed E-state index contributed by atoms with van der Waals surface area (Å²) in [4.78, 5) is 1.92. The molecule has 3 heteroatoms. The summed E-state index contributed by atoms with van der Waals surface area (Å²) in [6.45, 7) is 4.11. The summed E-state index contributed by atoms with van der Waals surface area (Å²) in [6.07, 6.45) is 0. The molecule has 0 aliphatic heterocycles. The molecule has 0 aliphatic carbocycles. The highest BCUT2D eigenvalue weighted by atomic mass is 79.9. The van der Waals surface area contributed by atoms with Gasteiger partial charge in [-0.1, -0.05) is 45.8 Å². The zero-order chi connectivity index (χ0) is 14.0. The number of halogens is 2. The fourth-order valence-corrected chi connectivity index (χ4v) is 2.80. The van der Waals surface area contributed by atoms with Crippen LogP contribution in [0.5, 0.6) is 0 Å². The van der Waals surface area contributed by atoms with Gasteiger partial charge in [-0.15, -0.1) is 0 Å². The van der Waals surface area contributed by atoms with Crippen LogP contribution >= 0.6 is 15.9 Å². The first-order chi connectivity index (χ1) is 9.04. The third-order valence-corrected chi connectivity index (χ3v) is 3.87. The zero-order valence-corrected chi connectivity index (χ0v) is 13.0. The largest absolute Gasteiger partial charge is 0.342 e. The van der Waals surface area contributed by atoms with Crippen LogP contribution in [-0.2, 0) is 5.33 Å². The molecule has 0 N–H and O–H groups in total. The Balaban J connectivity index is 2.52. The predicted molar refractivity (Wildman–Crippen MR) is 83.0 cm³/mol. The minimum absolute atomic E-state index is 0.195. The van der Waals surface area contributed by atoms with Gasteiger partial charge < -0.3 is 4.90 Å². The third-order valence-electron chi connectivity index (χ3n) is 3.26. The first kappa shape index (κ1) is 14.1. The number of hydrogen-bond donors (Lipinski definition) is 0. The Labute approximate surface area is 122 Å². The molecule has 0 saturated carbocycles. The van der Waals surface area contributed by atoms with Gasteiger partial charge in [0.1, 0.15) is 5.82 Å². The lowest BCUT2D eigenvalue weighted by Crippen LogP contribution is -2.14. The van der Waals surface area contributed by atoms with Gasteiger partial charge in [-0.05, 0) is 37.1 Å². The van der Waals surface area contributed by atoms with Crippen LogP contribution in [0.1, 0.15) is 16.7 Å². The highest BCUT2D eigenvalue weighted by Crippen LogP contribution is 2.33. The van der Waals surface area contributed by atoms with E-state index >= 15 is 0 Å². The SMILES string of the molecule is Cc1ccc(N(C)c2c(F)cccc2CBr)c(C)c1. The van der Waals surface area contributed by atoms with Crippen LogP contribution < -0.4 is 4.90 Å². The summed E-state index contributed by atoms with van der Waals surface area (Å²) in [5.41, 5.74) is 4.96. The lowest BCUT2D eigenvalue weighted by atomic mass is 10.1. The molecule has 0 aromatic heterocycles. The molecule has 0 amide bonds. The molecule has 19 heavy (non-hydrogen) atoms. The Kier molecular flexibility index (Phi) is 4.25. The van der Waals surface area contributed by atoms with Gasteiger partial charge in [-0.2, -0.15) is 0 Å². The van der Waals surface area contributed by atoms with E-state index in [-0.39, 0.29) is 5.82 Å². The second-order valence-electron chi connectivity index (χ2n) is 4.73. The molecule has 2 aromatic rings. The number of nitrogens with zero attached hydrogens (tertiary/aromatic N) is 1. The number of benzene rings is 2. The molecule has 0 spiro atoms. The number of rotatable bonds is 3. The topological polar surface area (TPSA) is 3.24 Å². The predicted octanol–water partition coefficient (Wildman–Crippen LogP) is 5.11. The fraction of sp³-hybridized carbons (Fsp3) is 0.250. The molecule has 2 rings (SSSR count). The van der Waals surface area contributed by atoms with Crippen molar-refractivity contribution in [2.75, 3.05) is 11.9 Å². The summed E-state index contributed by atoms with van der Waals surface area (Å²) < 4.78 is 14.1. The van der Waals surface area contributed by atoms with E-state index in [0.717, 1.165) is 16.8 Å². The van der Waals surface area contributed by atoms with E-state index < -0.39 is 0 Å². The van der Waals surface area contributed by atoms with Gasteiger partial charge in [0.05, 0.1) is 5.69 Å². The second-order valence-corrected chi connectivity index (χ2v) is 5.29. The Bertz CT molecular complexity index is 595. The van der Waals surface area contributed by atoms with Crippen molar-refractivity contribution >= 4 is 27.3 Å². The van der Waals surface area contributed by atoms with Crippen LogP contribution in [0.2, 0.25) is 0 Å².